The Morgan fingerprint density at radius 3 is 2.38 bits per heavy atom. The number of hydrogen-bond acceptors (Lipinski definition) is 7. The third kappa shape index (κ3) is 5.15. The topological polar surface area (TPSA) is 135 Å². The summed E-state index contributed by atoms with van der Waals surface area (Å²) in [5, 5.41) is 23.5. The Balaban J connectivity index is 0.00000300. The third-order valence-electron chi connectivity index (χ3n) is 3.73. The smallest absolute Gasteiger partial charge is 0.872 e. The van der Waals surface area contributed by atoms with E-state index in [-0.39, 0.29) is 51.0 Å². The molecule has 1 aliphatic heterocycles. The fourth-order valence-corrected chi connectivity index (χ4v) is 3.71. The molecule has 0 bridgehead atoms. The summed E-state index contributed by atoms with van der Waals surface area (Å²) in [5.74, 6) is -0.765. The average molecular weight is 465 g/mol. The number of amides is 1. The molecule has 29 heavy (non-hydrogen) atoms. The van der Waals surface area contributed by atoms with Gasteiger partial charge < -0.3 is 5.11 Å². The number of carbonyl (C=O) groups excluding carboxylic acids is 1. The monoisotopic (exact) mass is 464 g/mol. The van der Waals surface area contributed by atoms with Crippen molar-refractivity contribution >= 4 is 56.3 Å². The van der Waals surface area contributed by atoms with Crippen LogP contribution in [-0.4, -0.2) is 30.6 Å². The molecule has 0 aliphatic carbocycles. The van der Waals surface area contributed by atoms with Crippen LogP contribution in [0.15, 0.2) is 56.6 Å². The minimum atomic E-state index is -4.59. The van der Waals surface area contributed by atoms with Crippen molar-refractivity contribution in [3.63, 3.8) is 0 Å². The number of anilines is 1. The van der Waals surface area contributed by atoms with Gasteiger partial charge >= 0.3 is 29.6 Å². The van der Waals surface area contributed by atoms with E-state index in [1.165, 1.54) is 24.3 Å². The number of nitrogens with zero attached hydrogens (tertiary/aromatic N) is 4. The van der Waals surface area contributed by atoms with E-state index in [2.05, 4.69) is 15.3 Å². The van der Waals surface area contributed by atoms with Crippen LogP contribution in [0.25, 0.3) is 0 Å². The van der Waals surface area contributed by atoms with Gasteiger partial charge in [-0.05, 0) is 31.2 Å². The Labute approximate surface area is 198 Å². The summed E-state index contributed by atoms with van der Waals surface area (Å²) in [6.07, 6.45) is 0. The van der Waals surface area contributed by atoms with Crippen LogP contribution < -0.4 is 39.7 Å². The molecule has 1 aliphatic rings. The minimum absolute atomic E-state index is 0. The maximum Gasteiger partial charge on any atom is 1.00 e. The van der Waals surface area contributed by atoms with Crippen molar-refractivity contribution < 1.29 is 52.4 Å². The second-order valence-electron chi connectivity index (χ2n) is 5.71. The molecule has 3 rings (SSSR count). The molecule has 0 saturated carbocycles. The van der Waals surface area contributed by atoms with Crippen LogP contribution >= 0.6 is 23.2 Å². The predicted octanol–water partition coefficient (Wildman–Crippen LogP) is 0.193. The second kappa shape index (κ2) is 9.09. The molecule has 2 aromatic carbocycles. The van der Waals surface area contributed by atoms with Crippen LogP contribution in [-0.2, 0) is 14.9 Å². The van der Waals surface area contributed by atoms with Gasteiger partial charge in [0.15, 0.2) is 6.04 Å². The van der Waals surface area contributed by atoms with E-state index < -0.39 is 27.0 Å². The van der Waals surface area contributed by atoms with Gasteiger partial charge in [0.05, 0.1) is 27.1 Å². The first-order chi connectivity index (χ1) is 13.1. The molecule has 1 unspecified atom stereocenters. The third-order valence-corrected chi connectivity index (χ3v) is 5.35. The number of halogens is 2. The van der Waals surface area contributed by atoms with Crippen LogP contribution in [0.3, 0.4) is 0 Å². The number of azo groups is 1. The van der Waals surface area contributed by atoms with Crippen molar-refractivity contribution in [2.24, 2.45) is 15.3 Å². The van der Waals surface area contributed by atoms with Crippen LogP contribution in [0.4, 0.5) is 11.4 Å². The molecule has 1 heterocycles. The van der Waals surface area contributed by atoms with Gasteiger partial charge in [-0.15, -0.1) is 5.75 Å². The van der Waals surface area contributed by atoms with Crippen molar-refractivity contribution in [1.82, 2.24) is 0 Å². The number of benzene rings is 2. The first-order valence-electron chi connectivity index (χ1n) is 7.61. The Bertz CT molecular complexity index is 1120. The molecular formula is C16H11Cl2N4NaO5S. The summed E-state index contributed by atoms with van der Waals surface area (Å²) >= 11 is 11.9. The number of hydrazone groups is 1. The first kappa shape index (κ1) is 23.7. The van der Waals surface area contributed by atoms with Gasteiger partial charge in [0.2, 0.25) is 0 Å². The molecule has 2 aromatic rings. The van der Waals surface area contributed by atoms with E-state index in [0.717, 1.165) is 17.1 Å². The molecule has 13 heteroatoms. The SMILES string of the molecule is CC1=NN(c2cc(Cl)c(S(=O)(=O)O)cc2Cl)C(=O)C1N=Nc1ccc([O-])cc1.[Na+]. The predicted molar refractivity (Wildman–Crippen MR) is 101 cm³/mol. The molecule has 0 spiro atoms. The Hall–Kier alpha value is -1.53. The molecule has 0 saturated heterocycles. The molecule has 9 nitrogen and oxygen atoms in total. The van der Waals surface area contributed by atoms with Crippen molar-refractivity contribution in [2.75, 3.05) is 5.01 Å². The van der Waals surface area contributed by atoms with Crippen molar-refractivity contribution in [1.29, 1.82) is 0 Å². The fourth-order valence-electron chi connectivity index (χ4n) is 2.38. The van der Waals surface area contributed by atoms with Gasteiger partial charge in [-0.2, -0.15) is 28.8 Å². The number of hydrogen-bond donors (Lipinski definition) is 1. The van der Waals surface area contributed by atoms with Crippen LogP contribution in [0.1, 0.15) is 6.92 Å². The average Bonchev–Trinajstić information content (AvgIpc) is 2.89. The van der Waals surface area contributed by atoms with E-state index in [1.807, 2.05) is 0 Å². The van der Waals surface area contributed by atoms with Crippen molar-refractivity contribution in [3.05, 3.63) is 46.4 Å². The zero-order chi connectivity index (χ0) is 20.6. The summed E-state index contributed by atoms with van der Waals surface area (Å²) in [6.45, 7) is 1.56. The van der Waals surface area contributed by atoms with E-state index in [9.17, 15) is 18.3 Å². The second-order valence-corrected chi connectivity index (χ2v) is 7.92. The first-order valence-corrected chi connectivity index (χ1v) is 9.81. The van der Waals surface area contributed by atoms with E-state index in [1.54, 1.807) is 6.92 Å². The molecule has 0 aromatic heterocycles. The molecule has 0 radical (unpaired) electrons. The molecule has 1 atom stereocenters. The standard InChI is InChI=1S/C16H12Cl2N4O5S.Na/c1-8-15(20-19-9-2-4-10(23)5-3-9)16(24)22(21-8)13-6-12(18)14(7-11(13)17)28(25,26)27;/h2-7,15,23H,1H3,(H,25,26,27);/q;+1/p-1. The van der Waals surface area contributed by atoms with Gasteiger partial charge in [-0.25, -0.2) is 0 Å². The molecular weight excluding hydrogens is 454 g/mol. The van der Waals surface area contributed by atoms with Crippen molar-refractivity contribution in [3.8, 4) is 5.75 Å². The van der Waals surface area contributed by atoms with Gasteiger partial charge in [0.25, 0.3) is 16.0 Å². The van der Waals surface area contributed by atoms with Crippen LogP contribution in [0, 0.1) is 0 Å². The van der Waals surface area contributed by atoms with E-state index in [0.29, 0.717) is 11.4 Å². The van der Waals surface area contributed by atoms with Crippen molar-refractivity contribution in [2.45, 2.75) is 17.9 Å². The largest absolute Gasteiger partial charge is 1.00 e. The van der Waals surface area contributed by atoms with Gasteiger partial charge in [0, 0.05) is 0 Å². The Morgan fingerprint density at radius 1 is 1.17 bits per heavy atom. The Morgan fingerprint density at radius 2 is 1.79 bits per heavy atom. The summed E-state index contributed by atoms with van der Waals surface area (Å²) in [5.41, 5.74) is 0.731. The molecule has 0 fully saturated rings. The zero-order valence-electron chi connectivity index (χ0n) is 15.1. The van der Waals surface area contributed by atoms with Gasteiger partial charge in [-0.1, -0.05) is 35.3 Å². The Kier molecular flexibility index (Phi) is 7.44. The van der Waals surface area contributed by atoms with Crippen LogP contribution in [0.2, 0.25) is 10.0 Å². The maximum atomic E-state index is 12.7. The summed E-state index contributed by atoms with van der Waals surface area (Å²) in [6, 6.07) is 6.55. The summed E-state index contributed by atoms with van der Waals surface area (Å²) < 4.78 is 31.8. The van der Waals surface area contributed by atoms with Gasteiger partial charge in [-0.3, -0.25) is 9.35 Å². The van der Waals surface area contributed by atoms with Gasteiger partial charge in [0.1, 0.15) is 4.90 Å². The maximum absolute atomic E-state index is 12.7. The molecule has 146 valence electrons. The summed E-state index contributed by atoms with van der Waals surface area (Å²) in [7, 11) is -4.59. The normalized spacial score (nSPS) is 16.8. The van der Waals surface area contributed by atoms with E-state index >= 15 is 0 Å². The van der Waals surface area contributed by atoms with Crippen LogP contribution in [0.5, 0.6) is 5.75 Å². The number of carbonyl (C=O) groups is 1. The summed E-state index contributed by atoms with van der Waals surface area (Å²) in [4.78, 5) is 12.1. The molecule has 1 N–H and O–H groups in total. The fraction of sp³-hybridized carbons (Fsp3) is 0.125. The minimum Gasteiger partial charge on any atom is -0.872 e. The quantitative estimate of drug-likeness (QED) is 0.391. The zero-order valence-corrected chi connectivity index (χ0v) is 19.4. The van der Waals surface area contributed by atoms with E-state index in [4.69, 9.17) is 27.8 Å². The molecule has 1 amide bonds. The number of rotatable bonds is 4.